The number of nitrogen functional groups attached to an aromatic ring is 1. The maximum absolute atomic E-state index is 12.4. The number of nitriles is 1. The van der Waals surface area contributed by atoms with Crippen molar-refractivity contribution in [2.45, 2.75) is 25.2 Å². The summed E-state index contributed by atoms with van der Waals surface area (Å²) >= 11 is 5.99. The number of nitrogens with zero attached hydrogens (tertiary/aromatic N) is 2. The lowest BCUT2D eigenvalue weighted by molar-refractivity contribution is 0.435. The summed E-state index contributed by atoms with van der Waals surface area (Å²) in [6.45, 7) is 3.87. The number of aryl methyl sites for hydroxylation is 1. The Balaban J connectivity index is 3.26. The normalized spacial score (nSPS) is 11.5. The van der Waals surface area contributed by atoms with E-state index in [-0.39, 0.29) is 29.4 Å². The van der Waals surface area contributed by atoms with Gasteiger partial charge in [0.25, 0.3) is 0 Å². The molecule has 0 aliphatic heterocycles. The number of hydrogen-bond acceptors (Lipinski definition) is 4. The van der Waals surface area contributed by atoms with E-state index in [0.29, 0.717) is 5.69 Å². The van der Waals surface area contributed by atoms with Crippen molar-refractivity contribution in [2.24, 2.45) is 0 Å². The van der Waals surface area contributed by atoms with E-state index in [9.17, 15) is 8.42 Å². The third-order valence-corrected chi connectivity index (χ3v) is 5.20. The largest absolute Gasteiger partial charge is 0.398 e. The molecule has 0 unspecified atom stereocenters. The molecule has 0 aliphatic rings. The minimum Gasteiger partial charge on any atom is -0.398 e. The highest BCUT2D eigenvalue weighted by molar-refractivity contribution is 7.89. The second-order valence-corrected chi connectivity index (χ2v) is 6.36. The zero-order valence-corrected chi connectivity index (χ0v) is 12.4. The van der Waals surface area contributed by atoms with Crippen LogP contribution in [0, 0.1) is 18.3 Å². The third kappa shape index (κ3) is 3.38. The van der Waals surface area contributed by atoms with Crippen LogP contribution in [0.3, 0.4) is 0 Å². The molecule has 5 nitrogen and oxygen atoms in total. The van der Waals surface area contributed by atoms with Crippen LogP contribution in [0.25, 0.3) is 0 Å². The predicted molar refractivity (Wildman–Crippen MR) is 75.3 cm³/mol. The summed E-state index contributed by atoms with van der Waals surface area (Å²) in [4.78, 5) is -0.0166. The Kier molecular flexibility index (Phi) is 5.18. The molecule has 19 heavy (non-hydrogen) atoms. The van der Waals surface area contributed by atoms with E-state index in [1.165, 1.54) is 16.4 Å². The average molecular weight is 302 g/mol. The van der Waals surface area contributed by atoms with Crippen LogP contribution in [-0.4, -0.2) is 25.8 Å². The van der Waals surface area contributed by atoms with Gasteiger partial charge in [-0.2, -0.15) is 9.57 Å². The molecule has 0 bridgehead atoms. The molecule has 0 spiro atoms. The molecule has 104 valence electrons. The topological polar surface area (TPSA) is 87.2 Å². The van der Waals surface area contributed by atoms with Gasteiger partial charge in [-0.25, -0.2) is 8.42 Å². The zero-order chi connectivity index (χ0) is 14.6. The number of nitrogens with two attached hydrogens (primary N) is 1. The van der Waals surface area contributed by atoms with E-state index in [1.807, 2.05) is 6.07 Å². The molecule has 1 aromatic rings. The van der Waals surface area contributed by atoms with Crippen LogP contribution < -0.4 is 5.73 Å². The van der Waals surface area contributed by atoms with E-state index >= 15 is 0 Å². The van der Waals surface area contributed by atoms with Gasteiger partial charge in [-0.3, -0.25) is 0 Å². The summed E-state index contributed by atoms with van der Waals surface area (Å²) in [6, 6.07) is 4.82. The molecular formula is C12H16ClN3O2S. The van der Waals surface area contributed by atoms with E-state index in [2.05, 4.69) is 0 Å². The summed E-state index contributed by atoms with van der Waals surface area (Å²) in [5.74, 6) is 0. The highest BCUT2D eigenvalue weighted by atomic mass is 35.5. The summed E-state index contributed by atoms with van der Waals surface area (Å²) < 4.78 is 26.1. The zero-order valence-electron chi connectivity index (χ0n) is 10.9. The minimum atomic E-state index is -3.72. The van der Waals surface area contributed by atoms with Crippen LogP contribution in [0.2, 0.25) is 5.02 Å². The summed E-state index contributed by atoms with van der Waals surface area (Å²) in [7, 11) is -3.72. The number of benzene rings is 1. The number of hydrogen-bond donors (Lipinski definition) is 1. The van der Waals surface area contributed by atoms with Gasteiger partial charge in [-0.1, -0.05) is 18.5 Å². The first-order chi connectivity index (χ1) is 8.84. The Morgan fingerprint density at radius 2 is 2.11 bits per heavy atom. The smallest absolute Gasteiger partial charge is 0.244 e. The van der Waals surface area contributed by atoms with Crippen molar-refractivity contribution in [2.75, 3.05) is 18.8 Å². The Bertz CT molecular complexity index is 608. The van der Waals surface area contributed by atoms with Crippen molar-refractivity contribution in [3.05, 3.63) is 22.7 Å². The molecule has 0 aliphatic carbocycles. The van der Waals surface area contributed by atoms with Crippen LogP contribution in [-0.2, 0) is 10.0 Å². The van der Waals surface area contributed by atoms with Gasteiger partial charge in [0, 0.05) is 25.2 Å². The van der Waals surface area contributed by atoms with Gasteiger partial charge in [0.1, 0.15) is 4.90 Å². The van der Waals surface area contributed by atoms with Crippen molar-refractivity contribution in [3.63, 3.8) is 0 Å². The fourth-order valence-corrected chi connectivity index (χ4v) is 3.67. The van der Waals surface area contributed by atoms with Crippen molar-refractivity contribution in [1.29, 1.82) is 5.26 Å². The van der Waals surface area contributed by atoms with Crippen LogP contribution >= 0.6 is 11.6 Å². The fraction of sp³-hybridized carbons (Fsp3) is 0.417. The lowest BCUT2D eigenvalue weighted by Gasteiger charge is -2.20. The van der Waals surface area contributed by atoms with Crippen LogP contribution in [0.1, 0.15) is 18.9 Å². The Morgan fingerprint density at radius 3 is 2.63 bits per heavy atom. The van der Waals surface area contributed by atoms with Crippen molar-refractivity contribution in [1.82, 2.24) is 4.31 Å². The highest BCUT2D eigenvalue weighted by Crippen LogP contribution is 2.29. The van der Waals surface area contributed by atoms with E-state index in [0.717, 1.165) is 5.56 Å². The minimum absolute atomic E-state index is 0.0166. The summed E-state index contributed by atoms with van der Waals surface area (Å²) in [5, 5.41) is 8.71. The van der Waals surface area contributed by atoms with Gasteiger partial charge in [0.2, 0.25) is 10.0 Å². The summed E-state index contributed by atoms with van der Waals surface area (Å²) in [6.07, 6.45) is 0.131. The quantitative estimate of drug-likeness (QED) is 0.844. The molecule has 0 atom stereocenters. The number of halogens is 1. The van der Waals surface area contributed by atoms with Gasteiger partial charge < -0.3 is 5.73 Å². The number of rotatable bonds is 5. The highest BCUT2D eigenvalue weighted by Gasteiger charge is 2.25. The average Bonchev–Trinajstić information content (AvgIpc) is 2.34. The van der Waals surface area contributed by atoms with Gasteiger partial charge in [0.05, 0.1) is 11.1 Å². The lowest BCUT2D eigenvalue weighted by Crippen LogP contribution is -2.32. The lowest BCUT2D eigenvalue weighted by atomic mass is 10.2. The molecule has 0 saturated heterocycles. The second-order valence-electron chi connectivity index (χ2n) is 4.04. The molecule has 1 rings (SSSR count). The number of anilines is 1. The van der Waals surface area contributed by atoms with E-state index in [1.54, 1.807) is 13.8 Å². The van der Waals surface area contributed by atoms with Crippen LogP contribution in [0.5, 0.6) is 0 Å². The van der Waals surface area contributed by atoms with E-state index < -0.39 is 10.0 Å². The molecule has 0 saturated carbocycles. The van der Waals surface area contributed by atoms with Crippen molar-refractivity contribution < 1.29 is 8.42 Å². The maximum Gasteiger partial charge on any atom is 0.244 e. The molecule has 0 radical (unpaired) electrons. The standard InChI is InChI=1S/C12H16ClN3O2S/c1-3-16(6-4-5-14)19(17,18)12-8-11(15)9(2)7-10(12)13/h7-8H,3-4,6,15H2,1-2H3. The first-order valence-corrected chi connectivity index (χ1v) is 7.59. The molecule has 1 aromatic carbocycles. The molecular weight excluding hydrogens is 286 g/mol. The Hall–Kier alpha value is -1.29. The van der Waals surface area contributed by atoms with Gasteiger partial charge in [-0.15, -0.1) is 0 Å². The first-order valence-electron chi connectivity index (χ1n) is 5.77. The van der Waals surface area contributed by atoms with Crippen molar-refractivity contribution in [3.8, 4) is 6.07 Å². The molecule has 0 heterocycles. The van der Waals surface area contributed by atoms with Crippen LogP contribution in [0.15, 0.2) is 17.0 Å². The molecule has 0 fully saturated rings. The van der Waals surface area contributed by atoms with Gasteiger partial charge in [0.15, 0.2) is 0 Å². The Morgan fingerprint density at radius 1 is 1.47 bits per heavy atom. The fourth-order valence-electron chi connectivity index (χ4n) is 1.63. The van der Waals surface area contributed by atoms with E-state index in [4.69, 9.17) is 22.6 Å². The summed E-state index contributed by atoms with van der Waals surface area (Å²) in [5.41, 5.74) is 6.83. The second kappa shape index (κ2) is 6.24. The predicted octanol–water partition coefficient (Wildman–Crippen LogP) is 2.15. The van der Waals surface area contributed by atoms with Crippen molar-refractivity contribution >= 4 is 27.3 Å². The first kappa shape index (κ1) is 15.8. The maximum atomic E-state index is 12.4. The van der Waals surface area contributed by atoms with Gasteiger partial charge in [-0.05, 0) is 24.6 Å². The van der Waals surface area contributed by atoms with Crippen LogP contribution in [0.4, 0.5) is 5.69 Å². The molecule has 7 heteroatoms. The molecule has 0 aromatic heterocycles. The molecule has 2 N–H and O–H groups in total. The third-order valence-electron chi connectivity index (χ3n) is 2.76. The molecule has 0 amide bonds. The Labute approximate surface area is 118 Å². The monoisotopic (exact) mass is 301 g/mol. The van der Waals surface area contributed by atoms with Gasteiger partial charge >= 0.3 is 0 Å². The SMILES string of the molecule is CCN(CCC#N)S(=O)(=O)c1cc(N)c(C)cc1Cl. The number of sulfonamides is 1.